The normalized spacial score (nSPS) is 18.4. The molecule has 3 aromatic heterocycles. The van der Waals surface area contributed by atoms with Crippen LogP contribution >= 0.6 is 0 Å². The fourth-order valence-corrected chi connectivity index (χ4v) is 5.19. The predicted molar refractivity (Wildman–Crippen MR) is 132 cm³/mol. The van der Waals surface area contributed by atoms with Crippen molar-refractivity contribution in [3.8, 4) is 11.3 Å². The van der Waals surface area contributed by atoms with Crippen molar-refractivity contribution in [1.82, 2.24) is 35.6 Å². The lowest BCUT2D eigenvalue weighted by molar-refractivity contribution is -0.109. The van der Waals surface area contributed by atoms with E-state index in [1.165, 1.54) is 12.6 Å². The zero-order valence-corrected chi connectivity index (χ0v) is 20.3. The van der Waals surface area contributed by atoms with Gasteiger partial charge in [-0.2, -0.15) is 14.6 Å². The summed E-state index contributed by atoms with van der Waals surface area (Å²) in [6, 6.07) is 9.15. The van der Waals surface area contributed by atoms with Crippen LogP contribution in [0.3, 0.4) is 0 Å². The molecule has 5 heterocycles. The van der Waals surface area contributed by atoms with E-state index < -0.39 is 11.8 Å². The number of halogens is 2. The largest absolute Gasteiger partial charge is 0.355 e. The highest BCUT2D eigenvalue weighted by Gasteiger charge is 2.40. The Balaban J connectivity index is 0.000000171. The molecule has 0 saturated carbocycles. The maximum Gasteiger partial charge on any atom is 0.272 e. The first-order valence-electron chi connectivity index (χ1n) is 12.2. The van der Waals surface area contributed by atoms with Gasteiger partial charge >= 0.3 is 0 Å². The fraction of sp³-hybridized carbons (Fsp3) is 0.346. The van der Waals surface area contributed by atoms with Crippen LogP contribution < -0.4 is 5.32 Å². The maximum absolute atomic E-state index is 13.9. The Kier molecular flexibility index (Phi) is 6.93. The van der Waals surface area contributed by atoms with Gasteiger partial charge in [0.05, 0.1) is 22.8 Å². The van der Waals surface area contributed by atoms with Crippen LogP contribution in [0, 0.1) is 18.7 Å². The smallest absolute Gasteiger partial charge is 0.272 e. The van der Waals surface area contributed by atoms with Crippen molar-refractivity contribution >= 4 is 23.2 Å². The minimum atomic E-state index is -0.451. The lowest BCUT2D eigenvalue weighted by Gasteiger charge is -2.34. The van der Waals surface area contributed by atoms with E-state index in [1.54, 1.807) is 37.3 Å². The Bertz CT molecular complexity index is 1420. The molecule has 2 atom stereocenters. The fourth-order valence-electron chi connectivity index (χ4n) is 5.19. The number of carbonyl (C=O) groups is 2. The zero-order chi connectivity index (χ0) is 25.9. The molecule has 11 heteroatoms. The molecule has 2 saturated heterocycles. The molecule has 9 nitrogen and oxygen atoms in total. The van der Waals surface area contributed by atoms with Crippen LogP contribution in [0.4, 0.5) is 8.78 Å². The van der Waals surface area contributed by atoms with Crippen molar-refractivity contribution in [2.45, 2.75) is 57.7 Å². The van der Waals surface area contributed by atoms with E-state index in [9.17, 15) is 18.4 Å². The second-order valence-electron chi connectivity index (χ2n) is 9.39. The van der Waals surface area contributed by atoms with E-state index in [1.807, 2.05) is 4.90 Å². The van der Waals surface area contributed by atoms with Gasteiger partial charge in [0.1, 0.15) is 5.69 Å². The Labute approximate surface area is 211 Å². The molecule has 1 aromatic carbocycles. The zero-order valence-electron chi connectivity index (χ0n) is 20.3. The number of benzene rings is 1. The third kappa shape index (κ3) is 5.07. The van der Waals surface area contributed by atoms with Gasteiger partial charge in [-0.3, -0.25) is 24.8 Å². The number of hydrogen-bond acceptors (Lipinski definition) is 5. The number of nitrogens with zero attached hydrogens (tertiary/aromatic N) is 4. The summed E-state index contributed by atoms with van der Waals surface area (Å²) >= 11 is 0. The van der Waals surface area contributed by atoms with Gasteiger partial charge in [0, 0.05) is 29.9 Å². The molecule has 0 aliphatic carbocycles. The first-order chi connectivity index (χ1) is 17.9. The number of amides is 2. The highest BCUT2D eigenvalue weighted by atomic mass is 19.1. The summed E-state index contributed by atoms with van der Waals surface area (Å²) in [5.74, 6) is -0.894. The van der Waals surface area contributed by atoms with Gasteiger partial charge in [-0.25, -0.2) is 4.39 Å². The van der Waals surface area contributed by atoms with E-state index in [-0.39, 0.29) is 5.91 Å². The minimum Gasteiger partial charge on any atom is -0.355 e. The molecule has 3 N–H and O–H groups in total. The van der Waals surface area contributed by atoms with Crippen molar-refractivity contribution in [1.29, 1.82) is 0 Å². The van der Waals surface area contributed by atoms with Crippen LogP contribution in [-0.2, 0) is 11.3 Å². The SMILES string of the molecule is Cc1cc(-c2cc(C(=O)N3C4CCC[C@@H]3CC4)[nH]n2)c(F)cn1.O=CNCc1ccc2n[nH]c(F)c2c1. The Hall–Kier alpha value is -4.15. The van der Waals surface area contributed by atoms with Gasteiger partial charge in [0.2, 0.25) is 12.4 Å². The van der Waals surface area contributed by atoms with Gasteiger partial charge in [-0.15, -0.1) is 0 Å². The number of aryl methyl sites for hydroxylation is 1. The molecule has 37 heavy (non-hydrogen) atoms. The molecular formula is C26H27F2N7O2. The van der Waals surface area contributed by atoms with E-state index >= 15 is 0 Å². The maximum atomic E-state index is 13.9. The third-order valence-electron chi connectivity index (χ3n) is 6.97. The number of nitrogens with one attached hydrogen (secondary N) is 3. The summed E-state index contributed by atoms with van der Waals surface area (Å²) in [4.78, 5) is 28.8. The Morgan fingerprint density at radius 2 is 1.89 bits per heavy atom. The van der Waals surface area contributed by atoms with Gasteiger partial charge in [-0.05, 0) is 68.9 Å². The van der Waals surface area contributed by atoms with Crippen molar-refractivity contribution in [3.63, 3.8) is 0 Å². The summed E-state index contributed by atoms with van der Waals surface area (Å²) in [7, 11) is 0. The minimum absolute atomic E-state index is 0.0119. The number of rotatable bonds is 5. The van der Waals surface area contributed by atoms with Crippen molar-refractivity contribution in [2.24, 2.45) is 0 Å². The van der Waals surface area contributed by atoms with E-state index in [0.717, 1.165) is 31.2 Å². The van der Waals surface area contributed by atoms with Crippen LogP contribution in [0.2, 0.25) is 0 Å². The third-order valence-corrected chi connectivity index (χ3v) is 6.97. The summed E-state index contributed by atoms with van der Waals surface area (Å²) in [6.45, 7) is 2.19. The molecule has 2 aliphatic heterocycles. The number of hydrogen-bond donors (Lipinski definition) is 3. The highest BCUT2D eigenvalue weighted by molar-refractivity contribution is 5.94. The molecule has 2 aliphatic rings. The molecule has 2 fully saturated rings. The number of pyridine rings is 1. The Morgan fingerprint density at radius 1 is 1.11 bits per heavy atom. The first-order valence-corrected chi connectivity index (χ1v) is 12.2. The molecule has 4 aromatic rings. The Morgan fingerprint density at radius 3 is 2.65 bits per heavy atom. The average Bonchev–Trinajstić information content (AvgIpc) is 3.60. The molecule has 192 valence electrons. The molecule has 2 amide bonds. The average molecular weight is 508 g/mol. The van der Waals surface area contributed by atoms with E-state index in [2.05, 4.69) is 30.7 Å². The van der Waals surface area contributed by atoms with Crippen LogP contribution in [0.1, 0.15) is 53.8 Å². The lowest BCUT2D eigenvalue weighted by Crippen LogP contribution is -2.44. The van der Waals surface area contributed by atoms with Gasteiger partial charge < -0.3 is 10.2 Å². The van der Waals surface area contributed by atoms with Gasteiger partial charge in [0.15, 0.2) is 5.82 Å². The number of aromatic amines is 2. The number of H-pyrrole nitrogens is 2. The predicted octanol–water partition coefficient (Wildman–Crippen LogP) is 4.02. The van der Waals surface area contributed by atoms with Crippen molar-refractivity contribution < 1.29 is 18.4 Å². The van der Waals surface area contributed by atoms with E-state index in [4.69, 9.17) is 0 Å². The number of piperidine rings is 1. The topological polar surface area (TPSA) is 120 Å². The highest BCUT2D eigenvalue weighted by Crippen LogP contribution is 2.36. The van der Waals surface area contributed by atoms with Crippen molar-refractivity contribution in [3.05, 3.63) is 65.2 Å². The van der Waals surface area contributed by atoms with Gasteiger partial charge in [0.25, 0.3) is 5.91 Å². The van der Waals surface area contributed by atoms with Crippen LogP contribution in [0.15, 0.2) is 36.5 Å². The number of fused-ring (bicyclic) bond motifs is 3. The summed E-state index contributed by atoms with van der Waals surface area (Å²) in [6.07, 6.45) is 7.35. The van der Waals surface area contributed by atoms with Crippen LogP contribution in [0.25, 0.3) is 22.2 Å². The molecule has 2 bridgehead atoms. The quantitative estimate of drug-likeness (QED) is 0.353. The van der Waals surface area contributed by atoms with Crippen LogP contribution in [0.5, 0.6) is 0 Å². The lowest BCUT2D eigenvalue weighted by atomic mass is 10.0. The molecule has 6 rings (SSSR count). The first kappa shape index (κ1) is 24.5. The molecular weight excluding hydrogens is 480 g/mol. The monoisotopic (exact) mass is 507 g/mol. The van der Waals surface area contributed by atoms with Gasteiger partial charge in [-0.1, -0.05) is 6.07 Å². The summed E-state index contributed by atoms with van der Waals surface area (Å²) in [5, 5.41) is 15.9. The van der Waals surface area contributed by atoms with Crippen molar-refractivity contribution in [2.75, 3.05) is 0 Å². The molecule has 0 spiro atoms. The van der Waals surface area contributed by atoms with Crippen LogP contribution in [-0.4, -0.2) is 54.7 Å². The summed E-state index contributed by atoms with van der Waals surface area (Å²) in [5.41, 5.74) is 3.39. The standard InChI is InChI=1S/C17H19FN4O.C9H8FN3O/c1-10-7-13(14(18)9-19-10)15-8-16(21-20-15)17(23)22-11-3-2-4-12(22)6-5-11;10-9-7-3-6(4-11-5-14)1-2-8(7)12-13-9/h7-9,11-12H,2-6H2,1H3,(H,20,21);1-3,5H,4H2,(H,11,14)(H,12,13)/t11-,12?;/m1./s1. The molecule has 1 unspecified atom stereocenters. The number of aromatic nitrogens is 5. The second-order valence-corrected chi connectivity index (χ2v) is 9.39. The number of carbonyl (C=O) groups excluding carboxylic acids is 2. The second kappa shape index (κ2) is 10.5. The van der Waals surface area contributed by atoms with E-state index in [0.29, 0.717) is 58.6 Å². The molecule has 0 radical (unpaired) electrons. The summed E-state index contributed by atoms with van der Waals surface area (Å²) < 4.78 is 27.0.